The monoisotopic (exact) mass is 356 g/mol. The summed E-state index contributed by atoms with van der Waals surface area (Å²) in [5.41, 5.74) is 4.00. The zero-order valence-corrected chi connectivity index (χ0v) is 15.6. The number of hydrogen-bond donors (Lipinski definition) is 2. The first-order chi connectivity index (χ1) is 12.3. The molecule has 5 nitrogen and oxygen atoms in total. The van der Waals surface area contributed by atoms with Crippen molar-refractivity contribution in [2.45, 2.75) is 52.1 Å². The van der Waals surface area contributed by atoms with Crippen LogP contribution in [0.1, 0.15) is 43.1 Å². The Morgan fingerprint density at radius 1 is 1.23 bits per heavy atom. The van der Waals surface area contributed by atoms with Gasteiger partial charge in [-0.15, -0.1) is 0 Å². The van der Waals surface area contributed by atoms with Crippen molar-refractivity contribution in [1.82, 2.24) is 20.4 Å². The van der Waals surface area contributed by atoms with E-state index in [1.807, 2.05) is 38.5 Å². The standard InChI is InChI=1S/C20H25FN4O/c1-12(2)22-20(26)23-17-8-5-15(11-17)19-13(3)24-25(14(19)4)18-9-6-16(21)7-10-18/h5-10,12,15,17H,11H2,1-4H3,(H2,22,23,26)/t15-,17-/m1/s1. The zero-order chi connectivity index (χ0) is 18.8. The Morgan fingerprint density at radius 3 is 2.58 bits per heavy atom. The van der Waals surface area contributed by atoms with Gasteiger partial charge in [-0.05, 0) is 58.4 Å². The molecule has 0 aliphatic heterocycles. The molecule has 0 saturated carbocycles. The highest BCUT2D eigenvalue weighted by molar-refractivity contribution is 5.74. The molecular weight excluding hydrogens is 331 g/mol. The van der Waals surface area contributed by atoms with Gasteiger partial charge < -0.3 is 10.6 Å². The summed E-state index contributed by atoms with van der Waals surface area (Å²) in [7, 11) is 0. The number of nitrogens with zero attached hydrogens (tertiary/aromatic N) is 2. The average molecular weight is 356 g/mol. The number of carbonyl (C=O) groups is 1. The van der Waals surface area contributed by atoms with E-state index in [-0.39, 0.29) is 29.8 Å². The molecular formula is C20H25FN4O. The van der Waals surface area contributed by atoms with E-state index in [0.717, 1.165) is 23.5 Å². The predicted molar refractivity (Wildman–Crippen MR) is 100 cm³/mol. The molecule has 0 radical (unpaired) electrons. The normalized spacial score (nSPS) is 19.2. The minimum absolute atomic E-state index is 0.00622. The quantitative estimate of drug-likeness (QED) is 0.820. The van der Waals surface area contributed by atoms with Gasteiger partial charge in [0.05, 0.1) is 11.4 Å². The first kappa shape index (κ1) is 18.2. The second kappa shape index (κ2) is 7.32. The summed E-state index contributed by atoms with van der Waals surface area (Å²) in [4.78, 5) is 11.9. The third-order valence-corrected chi connectivity index (χ3v) is 4.61. The van der Waals surface area contributed by atoms with Crippen molar-refractivity contribution in [3.63, 3.8) is 0 Å². The van der Waals surface area contributed by atoms with Gasteiger partial charge in [-0.1, -0.05) is 12.2 Å². The Hall–Kier alpha value is -2.63. The summed E-state index contributed by atoms with van der Waals surface area (Å²) >= 11 is 0. The smallest absolute Gasteiger partial charge is 0.315 e. The van der Waals surface area contributed by atoms with Crippen LogP contribution in [0.5, 0.6) is 0 Å². The fourth-order valence-electron chi connectivity index (χ4n) is 3.52. The van der Waals surface area contributed by atoms with Crippen molar-refractivity contribution in [2.75, 3.05) is 0 Å². The molecule has 6 heteroatoms. The van der Waals surface area contributed by atoms with Gasteiger partial charge in [-0.3, -0.25) is 0 Å². The molecule has 1 aromatic carbocycles. The van der Waals surface area contributed by atoms with Crippen LogP contribution in [0.4, 0.5) is 9.18 Å². The highest BCUT2D eigenvalue weighted by Gasteiger charge is 2.27. The van der Waals surface area contributed by atoms with Gasteiger partial charge >= 0.3 is 6.03 Å². The Kier molecular flexibility index (Phi) is 5.11. The van der Waals surface area contributed by atoms with Crippen LogP contribution in [-0.2, 0) is 0 Å². The minimum Gasteiger partial charge on any atom is -0.336 e. The first-order valence-electron chi connectivity index (χ1n) is 8.92. The van der Waals surface area contributed by atoms with E-state index < -0.39 is 0 Å². The van der Waals surface area contributed by atoms with Crippen molar-refractivity contribution >= 4 is 6.03 Å². The number of hydrogen-bond acceptors (Lipinski definition) is 2. The number of halogens is 1. The lowest BCUT2D eigenvalue weighted by molar-refractivity contribution is 0.236. The molecule has 0 unspecified atom stereocenters. The van der Waals surface area contributed by atoms with Crippen LogP contribution in [0.2, 0.25) is 0 Å². The predicted octanol–water partition coefficient (Wildman–Crippen LogP) is 3.75. The molecule has 2 aromatic rings. The van der Waals surface area contributed by atoms with E-state index in [0.29, 0.717) is 0 Å². The maximum atomic E-state index is 13.2. The van der Waals surface area contributed by atoms with Gasteiger partial charge in [0.15, 0.2) is 0 Å². The summed E-state index contributed by atoms with van der Waals surface area (Å²) in [6, 6.07) is 6.29. The van der Waals surface area contributed by atoms with Crippen molar-refractivity contribution < 1.29 is 9.18 Å². The van der Waals surface area contributed by atoms with Crippen LogP contribution >= 0.6 is 0 Å². The number of urea groups is 1. The molecule has 0 saturated heterocycles. The third kappa shape index (κ3) is 3.79. The molecule has 2 amide bonds. The number of rotatable bonds is 4. The lowest BCUT2D eigenvalue weighted by Crippen LogP contribution is -2.43. The summed E-state index contributed by atoms with van der Waals surface area (Å²) < 4.78 is 15.0. The lowest BCUT2D eigenvalue weighted by Gasteiger charge is -2.16. The number of nitrogens with one attached hydrogen (secondary N) is 2. The topological polar surface area (TPSA) is 59.0 Å². The van der Waals surface area contributed by atoms with Crippen molar-refractivity contribution in [3.05, 3.63) is 59.2 Å². The highest BCUT2D eigenvalue weighted by atomic mass is 19.1. The van der Waals surface area contributed by atoms with Crippen molar-refractivity contribution in [3.8, 4) is 5.69 Å². The van der Waals surface area contributed by atoms with E-state index in [9.17, 15) is 9.18 Å². The summed E-state index contributed by atoms with van der Waals surface area (Å²) in [5.74, 6) is -0.0589. The van der Waals surface area contributed by atoms with E-state index in [4.69, 9.17) is 0 Å². The maximum absolute atomic E-state index is 13.2. The fraction of sp³-hybridized carbons (Fsp3) is 0.400. The zero-order valence-electron chi connectivity index (χ0n) is 15.6. The molecule has 138 valence electrons. The number of carbonyl (C=O) groups excluding carboxylic acids is 1. The fourth-order valence-corrected chi connectivity index (χ4v) is 3.52. The van der Waals surface area contributed by atoms with Crippen molar-refractivity contribution in [1.29, 1.82) is 0 Å². The molecule has 26 heavy (non-hydrogen) atoms. The van der Waals surface area contributed by atoms with Crippen LogP contribution in [0.3, 0.4) is 0 Å². The number of aryl methyl sites for hydroxylation is 1. The SMILES string of the molecule is Cc1nn(-c2ccc(F)cc2)c(C)c1[C@@H]1C=C[C@@H](NC(=O)NC(C)C)C1. The first-order valence-corrected chi connectivity index (χ1v) is 8.92. The van der Waals surface area contributed by atoms with Crippen LogP contribution < -0.4 is 10.6 Å². The molecule has 1 aliphatic rings. The van der Waals surface area contributed by atoms with Crippen LogP contribution in [-0.4, -0.2) is 27.9 Å². The summed E-state index contributed by atoms with van der Waals surface area (Å²) in [6.07, 6.45) is 4.98. The Balaban J connectivity index is 1.76. The van der Waals surface area contributed by atoms with Gasteiger partial charge in [0.25, 0.3) is 0 Å². The number of aromatic nitrogens is 2. The molecule has 1 heterocycles. The van der Waals surface area contributed by atoms with Gasteiger partial charge in [0.2, 0.25) is 0 Å². The molecule has 1 aromatic heterocycles. The minimum atomic E-state index is -0.261. The second-order valence-electron chi connectivity index (χ2n) is 7.08. The molecule has 0 bridgehead atoms. The average Bonchev–Trinajstić information content (AvgIpc) is 3.11. The third-order valence-electron chi connectivity index (χ3n) is 4.61. The lowest BCUT2D eigenvalue weighted by atomic mass is 9.96. The number of amides is 2. The molecule has 0 fully saturated rings. The molecule has 2 atom stereocenters. The Morgan fingerprint density at radius 2 is 1.92 bits per heavy atom. The Bertz CT molecular complexity index is 823. The largest absolute Gasteiger partial charge is 0.336 e. The Labute approximate surface area is 153 Å². The van der Waals surface area contributed by atoms with Crippen LogP contribution in [0.15, 0.2) is 36.4 Å². The molecule has 0 spiro atoms. The van der Waals surface area contributed by atoms with Gasteiger partial charge in [-0.25, -0.2) is 13.9 Å². The van der Waals surface area contributed by atoms with E-state index in [1.165, 1.54) is 17.7 Å². The number of benzene rings is 1. The second-order valence-corrected chi connectivity index (χ2v) is 7.08. The molecule has 2 N–H and O–H groups in total. The van der Waals surface area contributed by atoms with Crippen LogP contribution in [0.25, 0.3) is 5.69 Å². The maximum Gasteiger partial charge on any atom is 0.315 e. The van der Waals surface area contributed by atoms with Crippen LogP contribution in [0, 0.1) is 19.7 Å². The summed E-state index contributed by atoms with van der Waals surface area (Å²) in [6.45, 7) is 7.88. The summed E-state index contributed by atoms with van der Waals surface area (Å²) in [5, 5.41) is 10.5. The van der Waals surface area contributed by atoms with E-state index >= 15 is 0 Å². The number of allylic oxidation sites excluding steroid dienone is 1. The molecule has 3 rings (SSSR count). The van der Waals surface area contributed by atoms with E-state index in [2.05, 4.69) is 21.8 Å². The molecule has 1 aliphatic carbocycles. The van der Waals surface area contributed by atoms with Gasteiger partial charge in [0, 0.05) is 29.3 Å². The highest BCUT2D eigenvalue weighted by Crippen LogP contribution is 2.33. The van der Waals surface area contributed by atoms with Crippen molar-refractivity contribution in [2.24, 2.45) is 0 Å². The van der Waals surface area contributed by atoms with Gasteiger partial charge in [0.1, 0.15) is 5.82 Å². The van der Waals surface area contributed by atoms with E-state index in [1.54, 1.807) is 12.1 Å². The van der Waals surface area contributed by atoms with Gasteiger partial charge in [-0.2, -0.15) is 5.10 Å².